The molecular formula is C19H20FN3O2. The lowest BCUT2D eigenvalue weighted by atomic mass is 10.1. The monoisotopic (exact) mass is 341 g/mol. The number of hydrogen-bond donors (Lipinski definition) is 1. The van der Waals surface area contributed by atoms with Crippen LogP contribution < -0.4 is 5.73 Å². The minimum Gasteiger partial charge on any atom is -0.399 e. The van der Waals surface area contributed by atoms with Crippen molar-refractivity contribution < 1.29 is 14.0 Å². The maximum Gasteiger partial charge on any atom is 0.253 e. The first kappa shape index (κ1) is 17.0. The van der Waals surface area contributed by atoms with E-state index >= 15 is 0 Å². The normalized spacial score (nSPS) is 14.9. The quantitative estimate of drug-likeness (QED) is 0.853. The number of amides is 2. The maximum atomic E-state index is 13.0. The fraction of sp³-hybridized carbons (Fsp3) is 0.263. The molecule has 3 rings (SSSR count). The lowest BCUT2D eigenvalue weighted by molar-refractivity contribution is 0.0719. The Hall–Kier alpha value is -2.89. The second-order valence-corrected chi connectivity index (χ2v) is 6.07. The lowest BCUT2D eigenvalue weighted by Crippen LogP contribution is -2.37. The molecule has 1 saturated heterocycles. The summed E-state index contributed by atoms with van der Waals surface area (Å²) in [4.78, 5) is 28.6. The van der Waals surface area contributed by atoms with Gasteiger partial charge in [-0.3, -0.25) is 9.59 Å². The number of benzene rings is 2. The van der Waals surface area contributed by atoms with Gasteiger partial charge in [-0.2, -0.15) is 0 Å². The van der Waals surface area contributed by atoms with E-state index in [1.54, 1.807) is 34.1 Å². The van der Waals surface area contributed by atoms with E-state index in [1.807, 2.05) is 0 Å². The Kier molecular flexibility index (Phi) is 4.97. The highest BCUT2D eigenvalue weighted by atomic mass is 19.1. The van der Waals surface area contributed by atoms with E-state index in [0.717, 1.165) is 0 Å². The van der Waals surface area contributed by atoms with Gasteiger partial charge in [-0.25, -0.2) is 4.39 Å². The first-order valence-electron chi connectivity index (χ1n) is 8.24. The summed E-state index contributed by atoms with van der Waals surface area (Å²) in [6.07, 6.45) is 0.695. The summed E-state index contributed by atoms with van der Waals surface area (Å²) >= 11 is 0. The van der Waals surface area contributed by atoms with Gasteiger partial charge in [0.25, 0.3) is 11.8 Å². The van der Waals surface area contributed by atoms with Gasteiger partial charge in [0.15, 0.2) is 0 Å². The predicted octanol–water partition coefficient (Wildman–Crippen LogP) is 2.40. The van der Waals surface area contributed by atoms with Crippen LogP contribution in [0, 0.1) is 5.82 Å². The fourth-order valence-corrected chi connectivity index (χ4v) is 2.95. The third-order valence-corrected chi connectivity index (χ3v) is 4.30. The summed E-state index contributed by atoms with van der Waals surface area (Å²) in [6, 6.07) is 12.4. The first-order chi connectivity index (χ1) is 12.0. The highest BCUT2D eigenvalue weighted by Gasteiger charge is 2.23. The van der Waals surface area contributed by atoms with E-state index in [2.05, 4.69) is 0 Å². The van der Waals surface area contributed by atoms with Crippen molar-refractivity contribution in [1.82, 2.24) is 9.80 Å². The van der Waals surface area contributed by atoms with Crippen molar-refractivity contribution in [3.8, 4) is 0 Å². The topological polar surface area (TPSA) is 66.6 Å². The fourth-order valence-electron chi connectivity index (χ4n) is 2.95. The van der Waals surface area contributed by atoms with Crippen LogP contribution in [-0.2, 0) is 0 Å². The molecule has 6 heteroatoms. The van der Waals surface area contributed by atoms with Crippen molar-refractivity contribution in [2.45, 2.75) is 6.42 Å². The van der Waals surface area contributed by atoms with E-state index in [4.69, 9.17) is 5.73 Å². The van der Waals surface area contributed by atoms with Crippen molar-refractivity contribution >= 4 is 17.5 Å². The largest absolute Gasteiger partial charge is 0.399 e. The number of nitrogens with zero attached hydrogens (tertiary/aromatic N) is 2. The molecule has 0 aromatic heterocycles. The zero-order valence-corrected chi connectivity index (χ0v) is 13.8. The Labute approximate surface area is 145 Å². The molecule has 0 bridgehead atoms. The Morgan fingerprint density at radius 3 is 2.04 bits per heavy atom. The molecule has 1 heterocycles. The highest BCUT2D eigenvalue weighted by Crippen LogP contribution is 2.14. The molecule has 2 amide bonds. The van der Waals surface area contributed by atoms with E-state index < -0.39 is 0 Å². The van der Waals surface area contributed by atoms with Crippen molar-refractivity contribution in [1.29, 1.82) is 0 Å². The molecule has 0 aliphatic carbocycles. The van der Waals surface area contributed by atoms with Gasteiger partial charge in [-0.1, -0.05) is 6.07 Å². The number of halogens is 1. The summed E-state index contributed by atoms with van der Waals surface area (Å²) in [7, 11) is 0. The number of hydrogen-bond acceptors (Lipinski definition) is 3. The Morgan fingerprint density at radius 1 is 0.840 bits per heavy atom. The van der Waals surface area contributed by atoms with Crippen LogP contribution in [0.2, 0.25) is 0 Å². The summed E-state index contributed by atoms with van der Waals surface area (Å²) < 4.78 is 13.0. The molecule has 0 radical (unpaired) electrons. The summed E-state index contributed by atoms with van der Waals surface area (Å²) in [5.74, 6) is -0.590. The average molecular weight is 341 g/mol. The minimum atomic E-state index is -0.369. The molecule has 25 heavy (non-hydrogen) atoms. The number of carbonyl (C=O) groups is 2. The molecule has 0 saturated carbocycles. The molecule has 2 aromatic carbocycles. The third-order valence-electron chi connectivity index (χ3n) is 4.30. The average Bonchev–Trinajstić information content (AvgIpc) is 2.87. The third kappa shape index (κ3) is 3.96. The molecule has 2 N–H and O–H groups in total. The smallest absolute Gasteiger partial charge is 0.253 e. The number of nitrogen functional groups attached to an aromatic ring is 1. The second-order valence-electron chi connectivity index (χ2n) is 6.07. The van der Waals surface area contributed by atoms with Gasteiger partial charge in [0.05, 0.1) is 0 Å². The van der Waals surface area contributed by atoms with Crippen LogP contribution in [0.25, 0.3) is 0 Å². The van der Waals surface area contributed by atoms with Gasteiger partial charge in [0.2, 0.25) is 0 Å². The number of carbonyl (C=O) groups excluding carboxylic acids is 2. The summed E-state index contributed by atoms with van der Waals surface area (Å²) in [6.45, 7) is 2.06. The molecular weight excluding hydrogens is 321 g/mol. The van der Waals surface area contributed by atoms with Gasteiger partial charge in [-0.15, -0.1) is 0 Å². The molecule has 2 aromatic rings. The van der Waals surface area contributed by atoms with Gasteiger partial charge in [0.1, 0.15) is 5.82 Å². The van der Waals surface area contributed by atoms with Crippen molar-refractivity contribution in [3.05, 3.63) is 65.5 Å². The molecule has 1 aliphatic rings. The molecule has 5 nitrogen and oxygen atoms in total. The van der Waals surface area contributed by atoms with Gasteiger partial charge in [-0.05, 0) is 48.9 Å². The molecule has 1 fully saturated rings. The van der Waals surface area contributed by atoms with Crippen molar-refractivity contribution in [2.24, 2.45) is 0 Å². The van der Waals surface area contributed by atoms with Crippen molar-refractivity contribution in [2.75, 3.05) is 31.9 Å². The number of nitrogens with two attached hydrogens (primary N) is 1. The predicted molar refractivity (Wildman–Crippen MR) is 93.7 cm³/mol. The molecule has 0 atom stereocenters. The summed E-state index contributed by atoms with van der Waals surface area (Å²) in [5, 5.41) is 0. The van der Waals surface area contributed by atoms with Crippen molar-refractivity contribution in [3.63, 3.8) is 0 Å². The van der Waals surface area contributed by atoms with Crippen LogP contribution in [0.3, 0.4) is 0 Å². The number of rotatable bonds is 2. The number of anilines is 1. The second kappa shape index (κ2) is 7.34. The highest BCUT2D eigenvalue weighted by molar-refractivity contribution is 5.96. The van der Waals surface area contributed by atoms with Crippen LogP contribution in [0.15, 0.2) is 48.5 Å². The van der Waals surface area contributed by atoms with Crippen LogP contribution >= 0.6 is 0 Å². The van der Waals surface area contributed by atoms with E-state index in [0.29, 0.717) is 49.4 Å². The van der Waals surface area contributed by atoms with Gasteiger partial charge >= 0.3 is 0 Å². The standard InChI is InChI=1S/C19H20FN3O2/c20-16-7-5-14(6-8-16)18(24)22-9-2-10-23(12-11-22)19(25)15-3-1-4-17(21)13-15/h1,3-8,13H,2,9-12,21H2. The SMILES string of the molecule is Nc1cccc(C(=O)N2CCCN(C(=O)c3ccc(F)cc3)CC2)c1. The zero-order valence-electron chi connectivity index (χ0n) is 13.8. The Balaban J connectivity index is 1.67. The first-order valence-corrected chi connectivity index (χ1v) is 8.24. The van der Waals surface area contributed by atoms with Crippen LogP contribution in [0.1, 0.15) is 27.1 Å². The Morgan fingerprint density at radius 2 is 1.44 bits per heavy atom. The molecule has 0 spiro atoms. The lowest BCUT2D eigenvalue weighted by Gasteiger charge is -2.22. The molecule has 1 aliphatic heterocycles. The van der Waals surface area contributed by atoms with Crippen LogP contribution in [0.5, 0.6) is 0 Å². The van der Waals surface area contributed by atoms with E-state index in [1.165, 1.54) is 24.3 Å². The van der Waals surface area contributed by atoms with Crippen LogP contribution in [0.4, 0.5) is 10.1 Å². The van der Waals surface area contributed by atoms with E-state index in [-0.39, 0.29) is 17.6 Å². The molecule has 0 unspecified atom stereocenters. The van der Waals surface area contributed by atoms with Gasteiger partial charge < -0.3 is 15.5 Å². The minimum absolute atomic E-state index is 0.0802. The summed E-state index contributed by atoms with van der Waals surface area (Å²) in [5.41, 5.74) is 7.30. The molecule has 130 valence electrons. The van der Waals surface area contributed by atoms with Crippen LogP contribution in [-0.4, -0.2) is 47.8 Å². The zero-order chi connectivity index (χ0) is 17.8. The van der Waals surface area contributed by atoms with E-state index in [9.17, 15) is 14.0 Å². The maximum absolute atomic E-state index is 13.0. The Bertz CT molecular complexity index is 776. The van der Waals surface area contributed by atoms with Gasteiger partial charge in [0, 0.05) is 43.0 Å².